The molecule has 0 bridgehead atoms. The standard InChI is InChI=1S/C23H43NO2/c1-5-19-9-8-16-24(17-19)15-7-6-10-21-18-25-23(26-21)13-11-20(12-14-23)22(2,3)4/h19-21H,5-18H2,1-4H3. The predicted molar refractivity (Wildman–Crippen MR) is 108 cm³/mol. The van der Waals surface area contributed by atoms with Crippen LogP contribution in [0.3, 0.4) is 0 Å². The van der Waals surface area contributed by atoms with Gasteiger partial charge >= 0.3 is 0 Å². The highest BCUT2D eigenvalue weighted by molar-refractivity contribution is 4.88. The van der Waals surface area contributed by atoms with Gasteiger partial charge in [0.15, 0.2) is 5.79 Å². The van der Waals surface area contributed by atoms with Crippen LogP contribution in [-0.2, 0) is 9.47 Å². The maximum absolute atomic E-state index is 6.44. The minimum absolute atomic E-state index is 0.229. The summed E-state index contributed by atoms with van der Waals surface area (Å²) in [7, 11) is 0. The normalized spacial score (nSPS) is 36.7. The molecule has 26 heavy (non-hydrogen) atoms. The summed E-state index contributed by atoms with van der Waals surface area (Å²) in [6.45, 7) is 14.2. The first-order valence-electron chi connectivity index (χ1n) is 11.4. The molecule has 152 valence electrons. The third-order valence-electron chi connectivity index (χ3n) is 7.32. The van der Waals surface area contributed by atoms with Crippen molar-refractivity contribution in [1.82, 2.24) is 4.90 Å². The van der Waals surface area contributed by atoms with Gasteiger partial charge in [-0.1, -0.05) is 34.1 Å². The zero-order chi connectivity index (χ0) is 18.6. The van der Waals surface area contributed by atoms with Crippen molar-refractivity contribution in [2.45, 2.75) is 104 Å². The summed E-state index contributed by atoms with van der Waals surface area (Å²) in [5.41, 5.74) is 0.421. The largest absolute Gasteiger partial charge is 0.347 e. The number of piperidine rings is 1. The van der Waals surface area contributed by atoms with Crippen molar-refractivity contribution in [3.05, 3.63) is 0 Å². The average Bonchev–Trinajstić information content (AvgIpc) is 3.01. The molecule has 0 aromatic rings. The SMILES string of the molecule is CCC1CCCN(CCCCC2COC3(CCC(C(C)(C)C)CC3)O2)C1. The molecule has 0 aromatic heterocycles. The molecular formula is C23H43NO2. The summed E-state index contributed by atoms with van der Waals surface area (Å²) in [5.74, 6) is 1.53. The summed E-state index contributed by atoms with van der Waals surface area (Å²) in [5, 5.41) is 0. The predicted octanol–water partition coefficient (Wildman–Crippen LogP) is 5.63. The van der Waals surface area contributed by atoms with E-state index < -0.39 is 0 Å². The van der Waals surface area contributed by atoms with Crippen molar-refractivity contribution in [1.29, 1.82) is 0 Å². The number of unbranched alkanes of at least 4 members (excludes halogenated alkanes) is 1. The van der Waals surface area contributed by atoms with E-state index in [-0.39, 0.29) is 5.79 Å². The Kier molecular flexibility index (Phi) is 7.07. The van der Waals surface area contributed by atoms with Crippen LogP contribution in [0.5, 0.6) is 0 Å². The Morgan fingerprint density at radius 1 is 1.08 bits per heavy atom. The second-order valence-corrected chi connectivity index (χ2v) is 10.3. The lowest BCUT2D eigenvalue weighted by molar-refractivity contribution is -0.197. The van der Waals surface area contributed by atoms with Gasteiger partial charge in [0.2, 0.25) is 0 Å². The molecule has 0 amide bonds. The summed E-state index contributed by atoms with van der Waals surface area (Å²) in [6.07, 6.45) is 13.0. The summed E-state index contributed by atoms with van der Waals surface area (Å²) in [6, 6.07) is 0. The lowest BCUT2D eigenvalue weighted by atomic mass is 9.71. The first kappa shape index (κ1) is 20.6. The fourth-order valence-electron chi connectivity index (χ4n) is 5.34. The molecule has 3 nitrogen and oxygen atoms in total. The van der Waals surface area contributed by atoms with Gasteiger partial charge in [-0.3, -0.25) is 0 Å². The van der Waals surface area contributed by atoms with E-state index in [0.717, 1.165) is 31.3 Å². The van der Waals surface area contributed by atoms with Crippen LogP contribution in [0.25, 0.3) is 0 Å². The molecule has 3 fully saturated rings. The first-order chi connectivity index (χ1) is 12.4. The Morgan fingerprint density at radius 2 is 1.85 bits per heavy atom. The number of nitrogens with zero attached hydrogens (tertiary/aromatic N) is 1. The Hall–Kier alpha value is -0.120. The highest BCUT2D eigenvalue weighted by atomic mass is 16.7. The van der Waals surface area contributed by atoms with Gasteiger partial charge in [-0.25, -0.2) is 0 Å². The molecule has 2 heterocycles. The molecule has 1 aliphatic carbocycles. The first-order valence-corrected chi connectivity index (χ1v) is 11.4. The van der Waals surface area contributed by atoms with Gasteiger partial charge in [0.05, 0.1) is 12.7 Å². The van der Waals surface area contributed by atoms with Gasteiger partial charge in [0.1, 0.15) is 0 Å². The fraction of sp³-hybridized carbons (Fsp3) is 1.00. The second kappa shape index (κ2) is 8.92. The monoisotopic (exact) mass is 365 g/mol. The molecule has 0 aromatic carbocycles. The quantitative estimate of drug-likeness (QED) is 0.570. The maximum atomic E-state index is 6.44. The molecule has 2 aliphatic heterocycles. The molecule has 3 aliphatic rings. The van der Waals surface area contributed by atoms with E-state index >= 15 is 0 Å². The smallest absolute Gasteiger partial charge is 0.168 e. The summed E-state index contributed by atoms with van der Waals surface area (Å²) >= 11 is 0. The third-order valence-corrected chi connectivity index (χ3v) is 7.32. The van der Waals surface area contributed by atoms with E-state index in [9.17, 15) is 0 Å². The van der Waals surface area contributed by atoms with Gasteiger partial charge in [0, 0.05) is 19.4 Å². The van der Waals surface area contributed by atoms with Gasteiger partial charge in [0.25, 0.3) is 0 Å². The average molecular weight is 366 g/mol. The Labute approximate surface area is 162 Å². The van der Waals surface area contributed by atoms with Gasteiger partial charge < -0.3 is 14.4 Å². The lowest BCUT2D eigenvalue weighted by Gasteiger charge is -2.41. The van der Waals surface area contributed by atoms with Crippen LogP contribution >= 0.6 is 0 Å². The molecule has 1 saturated carbocycles. The van der Waals surface area contributed by atoms with E-state index in [1.54, 1.807) is 0 Å². The number of hydrogen-bond acceptors (Lipinski definition) is 3. The molecule has 1 spiro atoms. The van der Waals surface area contributed by atoms with Gasteiger partial charge in [-0.2, -0.15) is 0 Å². The van der Waals surface area contributed by atoms with Crippen molar-refractivity contribution in [3.8, 4) is 0 Å². The van der Waals surface area contributed by atoms with Crippen molar-refractivity contribution < 1.29 is 9.47 Å². The summed E-state index contributed by atoms with van der Waals surface area (Å²) < 4.78 is 12.6. The van der Waals surface area contributed by atoms with Crippen LogP contribution in [-0.4, -0.2) is 43.0 Å². The van der Waals surface area contributed by atoms with E-state index in [0.29, 0.717) is 11.5 Å². The van der Waals surface area contributed by atoms with Crippen LogP contribution in [0.15, 0.2) is 0 Å². The van der Waals surface area contributed by atoms with Gasteiger partial charge in [-0.05, 0) is 75.3 Å². The molecule has 0 radical (unpaired) electrons. The van der Waals surface area contributed by atoms with E-state index in [4.69, 9.17) is 9.47 Å². The van der Waals surface area contributed by atoms with Gasteiger partial charge in [-0.15, -0.1) is 0 Å². The number of likely N-dealkylation sites (tertiary alicyclic amines) is 1. The van der Waals surface area contributed by atoms with Crippen LogP contribution in [0, 0.1) is 17.3 Å². The second-order valence-electron chi connectivity index (χ2n) is 10.3. The van der Waals surface area contributed by atoms with Crippen LogP contribution in [0.2, 0.25) is 0 Å². The maximum Gasteiger partial charge on any atom is 0.168 e. The Balaban J connectivity index is 1.32. The topological polar surface area (TPSA) is 21.7 Å². The van der Waals surface area contributed by atoms with Crippen molar-refractivity contribution >= 4 is 0 Å². The number of ether oxygens (including phenoxy) is 2. The highest BCUT2D eigenvalue weighted by Crippen LogP contribution is 2.46. The minimum atomic E-state index is -0.229. The van der Waals surface area contributed by atoms with Crippen molar-refractivity contribution in [2.24, 2.45) is 17.3 Å². The minimum Gasteiger partial charge on any atom is -0.347 e. The van der Waals surface area contributed by atoms with E-state index in [1.807, 2.05) is 0 Å². The third kappa shape index (κ3) is 5.45. The fourth-order valence-corrected chi connectivity index (χ4v) is 5.34. The Morgan fingerprint density at radius 3 is 2.54 bits per heavy atom. The van der Waals surface area contributed by atoms with Crippen LogP contribution < -0.4 is 0 Å². The summed E-state index contributed by atoms with van der Waals surface area (Å²) in [4.78, 5) is 2.69. The number of hydrogen-bond donors (Lipinski definition) is 0. The van der Waals surface area contributed by atoms with Crippen LogP contribution in [0.4, 0.5) is 0 Å². The zero-order valence-electron chi connectivity index (χ0n) is 17.9. The molecule has 3 rings (SSSR count). The molecule has 0 N–H and O–H groups in total. The van der Waals surface area contributed by atoms with Crippen LogP contribution in [0.1, 0.15) is 91.9 Å². The van der Waals surface area contributed by atoms with E-state index in [2.05, 4.69) is 32.6 Å². The lowest BCUT2D eigenvalue weighted by Crippen LogP contribution is -2.38. The zero-order valence-corrected chi connectivity index (χ0v) is 17.9. The van der Waals surface area contributed by atoms with Crippen molar-refractivity contribution in [3.63, 3.8) is 0 Å². The van der Waals surface area contributed by atoms with E-state index in [1.165, 1.54) is 71.0 Å². The molecule has 2 atom stereocenters. The molecule has 2 saturated heterocycles. The highest BCUT2D eigenvalue weighted by Gasteiger charge is 2.45. The molecule has 3 heteroatoms. The molecular weight excluding hydrogens is 322 g/mol. The number of rotatable bonds is 6. The Bertz CT molecular complexity index is 422. The van der Waals surface area contributed by atoms with Crippen molar-refractivity contribution in [2.75, 3.05) is 26.2 Å². The molecule has 2 unspecified atom stereocenters.